The van der Waals surface area contributed by atoms with Crippen LogP contribution in [0, 0.1) is 31.6 Å². The number of hydrogen-bond donors (Lipinski definition) is 1. The first-order chi connectivity index (χ1) is 18.7. The lowest BCUT2D eigenvalue weighted by molar-refractivity contribution is -0.123. The average molecular weight is 519 g/mol. The quantitative estimate of drug-likeness (QED) is 0.407. The van der Waals surface area contributed by atoms with Crippen molar-refractivity contribution in [2.45, 2.75) is 45.7 Å². The minimum atomic E-state index is -1.11. The summed E-state index contributed by atoms with van der Waals surface area (Å²) in [5.41, 5.74) is 3.39. The van der Waals surface area contributed by atoms with Gasteiger partial charge in [-0.1, -0.05) is 61.9 Å². The summed E-state index contributed by atoms with van der Waals surface area (Å²) >= 11 is 0. The number of aromatic nitrogens is 2. The van der Waals surface area contributed by atoms with Crippen LogP contribution in [0.4, 0.5) is 5.69 Å². The first-order valence-corrected chi connectivity index (χ1v) is 13.6. The number of aryl methyl sites for hydroxylation is 2. The first kappa shape index (κ1) is 24.0. The molecule has 196 valence electrons. The fourth-order valence-corrected chi connectivity index (χ4v) is 7.22. The van der Waals surface area contributed by atoms with E-state index in [1.54, 1.807) is 10.6 Å². The maximum atomic E-state index is 14.5. The Hall–Kier alpha value is -4.10. The maximum Gasteiger partial charge on any atom is 0.266 e. The molecule has 3 aliphatic rings. The predicted molar refractivity (Wildman–Crippen MR) is 150 cm³/mol. The highest BCUT2D eigenvalue weighted by molar-refractivity contribution is 6.23. The molecule has 4 aromatic rings. The Morgan fingerprint density at radius 1 is 0.923 bits per heavy atom. The Kier molecular flexibility index (Phi) is 5.04. The van der Waals surface area contributed by atoms with E-state index in [1.807, 2.05) is 74.5 Å². The molecule has 0 bridgehead atoms. The largest absolute Gasteiger partial charge is 0.297 e. The van der Waals surface area contributed by atoms with Gasteiger partial charge in [-0.05, 0) is 56.0 Å². The molecule has 2 fully saturated rings. The molecule has 3 aromatic carbocycles. The van der Waals surface area contributed by atoms with Gasteiger partial charge >= 0.3 is 0 Å². The van der Waals surface area contributed by atoms with E-state index in [0.29, 0.717) is 40.4 Å². The Bertz CT molecular complexity index is 1770. The van der Waals surface area contributed by atoms with E-state index in [2.05, 4.69) is 19.2 Å². The topological polar surface area (TPSA) is 84.3 Å². The van der Waals surface area contributed by atoms with Gasteiger partial charge in [0.25, 0.3) is 5.56 Å². The number of anilines is 1. The maximum absolute atomic E-state index is 14.5. The van der Waals surface area contributed by atoms with Crippen LogP contribution in [-0.2, 0) is 15.1 Å². The third-order valence-electron chi connectivity index (χ3n) is 8.68. The number of fused-ring (bicyclic) bond motifs is 8. The molecule has 3 aliphatic heterocycles. The van der Waals surface area contributed by atoms with Crippen LogP contribution >= 0.6 is 0 Å². The zero-order valence-electron chi connectivity index (χ0n) is 22.4. The van der Waals surface area contributed by atoms with Crippen LogP contribution in [0.3, 0.4) is 0 Å². The second kappa shape index (κ2) is 8.20. The normalized spacial score (nSPS) is 25.2. The van der Waals surface area contributed by atoms with Crippen molar-refractivity contribution in [1.29, 1.82) is 0 Å². The molecule has 1 spiro atoms. The Morgan fingerprint density at radius 2 is 1.67 bits per heavy atom. The zero-order valence-corrected chi connectivity index (χ0v) is 22.4. The molecule has 7 heteroatoms. The van der Waals surface area contributed by atoms with Gasteiger partial charge in [0.1, 0.15) is 11.4 Å². The van der Waals surface area contributed by atoms with Gasteiger partial charge in [0.15, 0.2) is 0 Å². The summed E-state index contributed by atoms with van der Waals surface area (Å²) in [5.74, 6) is -0.981. The van der Waals surface area contributed by atoms with E-state index < -0.39 is 17.4 Å². The monoisotopic (exact) mass is 518 g/mol. The van der Waals surface area contributed by atoms with Crippen molar-refractivity contribution in [3.05, 3.63) is 99.6 Å². The fourth-order valence-electron chi connectivity index (χ4n) is 7.22. The third kappa shape index (κ3) is 3.08. The summed E-state index contributed by atoms with van der Waals surface area (Å²) in [6.07, 6.45) is 0.711. The highest BCUT2D eigenvalue weighted by Crippen LogP contribution is 2.56. The Balaban J connectivity index is 1.52. The SMILES string of the molecule is Cc1ccc(N2C(=O)[C@H]3[C@@H](CC(C)C)N[C@]4(c5ccccc5-n5c4nc4ccccc4c5=O)[C@H]3C2=O)c(C)c1. The third-order valence-corrected chi connectivity index (χ3v) is 8.68. The minimum Gasteiger partial charge on any atom is -0.297 e. The molecule has 39 heavy (non-hydrogen) atoms. The van der Waals surface area contributed by atoms with Crippen molar-refractivity contribution >= 4 is 28.4 Å². The van der Waals surface area contributed by atoms with Crippen molar-refractivity contribution in [2.75, 3.05) is 4.90 Å². The lowest BCUT2D eigenvalue weighted by Gasteiger charge is -2.32. The molecule has 7 nitrogen and oxygen atoms in total. The van der Waals surface area contributed by atoms with Crippen LogP contribution in [0.15, 0.2) is 71.5 Å². The Labute approximate surface area is 226 Å². The zero-order chi connectivity index (χ0) is 27.2. The molecule has 0 unspecified atom stereocenters. The van der Waals surface area contributed by atoms with Gasteiger partial charge < -0.3 is 0 Å². The summed E-state index contributed by atoms with van der Waals surface area (Å²) in [4.78, 5) is 49.1. The summed E-state index contributed by atoms with van der Waals surface area (Å²) in [5, 5.41) is 4.29. The van der Waals surface area contributed by atoms with E-state index in [4.69, 9.17) is 4.98 Å². The smallest absolute Gasteiger partial charge is 0.266 e. The second-order valence-corrected chi connectivity index (χ2v) is 11.6. The van der Waals surface area contributed by atoms with Gasteiger partial charge in [0, 0.05) is 11.6 Å². The van der Waals surface area contributed by atoms with Crippen LogP contribution in [0.5, 0.6) is 0 Å². The number of benzene rings is 3. The van der Waals surface area contributed by atoms with E-state index in [9.17, 15) is 14.4 Å². The lowest BCUT2D eigenvalue weighted by Crippen LogP contribution is -2.50. The van der Waals surface area contributed by atoms with Crippen molar-refractivity contribution in [1.82, 2.24) is 14.9 Å². The molecular formula is C32H30N4O3. The molecule has 7 rings (SSSR count). The van der Waals surface area contributed by atoms with Crippen molar-refractivity contribution in [3.8, 4) is 5.69 Å². The number of nitrogens with one attached hydrogen (secondary N) is 1. The van der Waals surface area contributed by atoms with Gasteiger partial charge in [-0.2, -0.15) is 0 Å². The van der Waals surface area contributed by atoms with E-state index >= 15 is 0 Å². The molecule has 0 radical (unpaired) electrons. The molecule has 1 aromatic heterocycles. The molecule has 1 N–H and O–H groups in total. The van der Waals surface area contributed by atoms with Crippen molar-refractivity contribution in [2.24, 2.45) is 17.8 Å². The minimum absolute atomic E-state index is 0.173. The van der Waals surface area contributed by atoms with E-state index in [0.717, 1.165) is 16.7 Å². The van der Waals surface area contributed by atoms with Crippen LogP contribution in [0.2, 0.25) is 0 Å². The van der Waals surface area contributed by atoms with Gasteiger partial charge in [-0.3, -0.25) is 24.3 Å². The number of imide groups is 1. The number of carbonyl (C=O) groups is 2. The molecule has 0 aliphatic carbocycles. The summed E-state index contributed by atoms with van der Waals surface area (Å²) < 4.78 is 1.65. The lowest BCUT2D eigenvalue weighted by atomic mass is 9.75. The highest BCUT2D eigenvalue weighted by atomic mass is 16.2. The average Bonchev–Trinajstić information content (AvgIpc) is 3.47. The van der Waals surface area contributed by atoms with E-state index in [1.165, 1.54) is 4.90 Å². The van der Waals surface area contributed by atoms with Crippen LogP contribution in [-0.4, -0.2) is 27.4 Å². The van der Waals surface area contributed by atoms with E-state index in [-0.39, 0.29) is 23.4 Å². The summed E-state index contributed by atoms with van der Waals surface area (Å²) in [7, 11) is 0. The molecular weight excluding hydrogens is 488 g/mol. The predicted octanol–water partition coefficient (Wildman–Crippen LogP) is 4.38. The summed E-state index contributed by atoms with van der Waals surface area (Å²) in [6, 6.07) is 20.5. The molecule has 0 saturated carbocycles. The molecule has 4 atom stereocenters. The van der Waals surface area contributed by atoms with Crippen LogP contribution in [0.25, 0.3) is 16.6 Å². The van der Waals surface area contributed by atoms with Crippen LogP contribution in [0.1, 0.15) is 42.8 Å². The van der Waals surface area contributed by atoms with Crippen molar-refractivity contribution < 1.29 is 9.59 Å². The number of nitrogens with zero attached hydrogens (tertiary/aromatic N) is 3. The number of para-hydroxylation sites is 2. The standard InChI is InChI=1S/C32H30N4O3/c1-17(2)15-23-26-27(30(39)35(29(26)38)24-14-13-18(3)16-19(24)4)32(34-23)21-10-6-8-12-25(21)36-28(37)20-9-5-7-11-22(20)33-31(32)36/h5-14,16-17,23,26-27,34H,15H2,1-4H3/t23-,26+,27-,32-/m1/s1. The van der Waals surface area contributed by atoms with Gasteiger partial charge in [0.2, 0.25) is 11.8 Å². The summed E-state index contributed by atoms with van der Waals surface area (Å²) in [6.45, 7) is 8.18. The van der Waals surface area contributed by atoms with Crippen molar-refractivity contribution in [3.63, 3.8) is 0 Å². The van der Waals surface area contributed by atoms with Gasteiger partial charge in [-0.15, -0.1) is 0 Å². The Morgan fingerprint density at radius 3 is 2.44 bits per heavy atom. The highest BCUT2D eigenvalue weighted by Gasteiger charge is 2.69. The molecule has 2 saturated heterocycles. The number of carbonyl (C=O) groups excluding carboxylic acids is 2. The number of amides is 2. The number of hydrogen-bond acceptors (Lipinski definition) is 5. The fraction of sp³-hybridized carbons (Fsp3) is 0.312. The molecule has 4 heterocycles. The second-order valence-electron chi connectivity index (χ2n) is 11.6. The number of rotatable bonds is 3. The van der Waals surface area contributed by atoms with Gasteiger partial charge in [-0.25, -0.2) is 9.88 Å². The first-order valence-electron chi connectivity index (χ1n) is 13.6. The molecule has 2 amide bonds. The van der Waals surface area contributed by atoms with Gasteiger partial charge in [0.05, 0.1) is 34.1 Å². The van der Waals surface area contributed by atoms with Crippen LogP contribution < -0.4 is 15.8 Å².